The van der Waals surface area contributed by atoms with Gasteiger partial charge in [0.25, 0.3) is 0 Å². The maximum atomic E-state index is 10.9. The van der Waals surface area contributed by atoms with E-state index in [1.807, 2.05) is 4.72 Å². The van der Waals surface area contributed by atoms with E-state index in [1.165, 1.54) is 0 Å². The normalized spacial score (nSPS) is 11.1. The average molecular weight is 224 g/mol. The molecule has 0 unspecified atom stereocenters. The predicted molar refractivity (Wildman–Crippen MR) is 42.7 cm³/mol. The third-order valence-electron chi connectivity index (χ3n) is 0.856. The van der Waals surface area contributed by atoms with Gasteiger partial charge in [-0.25, -0.2) is 8.42 Å². The summed E-state index contributed by atoms with van der Waals surface area (Å²) in [5.41, 5.74) is 0. The van der Waals surface area contributed by atoms with Gasteiger partial charge in [-0.1, -0.05) is 9.59 Å². The van der Waals surface area contributed by atoms with E-state index in [4.69, 9.17) is 5.11 Å². The summed E-state index contributed by atoms with van der Waals surface area (Å²) in [5.74, 6) is -2.45. The number of carbonyl (C=O) groups is 1. The predicted octanol–water partition coefficient (Wildman–Crippen LogP) is -1.24. The number of carboxylic acid groups (broad SMARTS) is 1. The maximum absolute atomic E-state index is 10.9. The van der Waals surface area contributed by atoms with Gasteiger partial charge in [0.2, 0.25) is 15.2 Å². The van der Waals surface area contributed by atoms with Crippen LogP contribution in [0.5, 0.6) is 0 Å². The topological polar surface area (TPSA) is 122 Å². The van der Waals surface area contributed by atoms with Crippen molar-refractivity contribution in [2.45, 2.75) is 0 Å². The maximum Gasteiger partial charge on any atom is 0.320 e. The number of nitrogens with one attached hydrogen (secondary N) is 1. The molecule has 1 aromatic heterocycles. The van der Waals surface area contributed by atoms with Crippen LogP contribution in [0.4, 0.5) is 5.13 Å². The Morgan fingerprint density at radius 1 is 1.62 bits per heavy atom. The van der Waals surface area contributed by atoms with Gasteiger partial charge in [0.1, 0.15) is 0 Å². The lowest BCUT2D eigenvalue weighted by atomic mass is 10.8. The number of hydrogen-bond donors (Lipinski definition) is 2. The number of carboxylic acids is 1. The molecular weight excluding hydrogens is 220 g/mol. The average Bonchev–Trinajstić information content (AvgIpc) is 2.34. The molecule has 0 aromatic carbocycles. The minimum atomic E-state index is -3.89. The van der Waals surface area contributed by atoms with Crippen LogP contribution in [0, 0.1) is 0 Å². The molecule has 10 heteroatoms. The molecule has 0 amide bonds. The number of aromatic nitrogens is 3. The van der Waals surface area contributed by atoms with Gasteiger partial charge in [-0.15, -0.1) is 0 Å². The van der Waals surface area contributed by atoms with Crippen LogP contribution in [0.25, 0.3) is 0 Å². The van der Waals surface area contributed by atoms with E-state index in [-0.39, 0.29) is 5.13 Å². The van der Waals surface area contributed by atoms with Gasteiger partial charge in [-0.3, -0.25) is 9.52 Å². The zero-order valence-corrected chi connectivity index (χ0v) is 7.67. The fourth-order valence-corrected chi connectivity index (χ4v) is 1.96. The summed E-state index contributed by atoms with van der Waals surface area (Å²) in [7, 11) is -3.89. The van der Waals surface area contributed by atoms with Gasteiger partial charge in [-0.2, -0.15) is 0 Å². The van der Waals surface area contributed by atoms with Crippen molar-refractivity contribution in [3.63, 3.8) is 0 Å². The van der Waals surface area contributed by atoms with Crippen molar-refractivity contribution in [3.8, 4) is 0 Å². The van der Waals surface area contributed by atoms with Crippen molar-refractivity contribution < 1.29 is 18.3 Å². The molecule has 1 aromatic rings. The Kier molecular flexibility index (Phi) is 2.72. The van der Waals surface area contributed by atoms with E-state index in [9.17, 15) is 13.2 Å². The number of anilines is 1. The molecule has 1 rings (SSSR count). The summed E-state index contributed by atoms with van der Waals surface area (Å²) in [5, 5.41) is 14.6. The first kappa shape index (κ1) is 9.80. The van der Waals surface area contributed by atoms with Gasteiger partial charge < -0.3 is 5.11 Å². The van der Waals surface area contributed by atoms with E-state index < -0.39 is 21.7 Å². The monoisotopic (exact) mass is 224 g/mol. The highest BCUT2D eigenvalue weighted by molar-refractivity contribution is 7.93. The van der Waals surface area contributed by atoms with E-state index >= 15 is 0 Å². The SMILES string of the molecule is O=C(O)CS(=O)(=O)Nc1nnns1. The Balaban J connectivity index is 2.68. The fraction of sp³-hybridized carbons (Fsp3) is 0.333. The summed E-state index contributed by atoms with van der Waals surface area (Å²) in [6.07, 6.45) is 0. The Hall–Kier alpha value is -1.29. The Labute approximate surface area is 76.8 Å². The van der Waals surface area contributed by atoms with E-state index in [1.54, 1.807) is 0 Å². The largest absolute Gasteiger partial charge is 0.480 e. The molecule has 0 bridgehead atoms. The van der Waals surface area contributed by atoms with Crippen molar-refractivity contribution >= 4 is 32.7 Å². The van der Waals surface area contributed by atoms with Gasteiger partial charge >= 0.3 is 5.97 Å². The van der Waals surface area contributed by atoms with Crippen LogP contribution in [0.1, 0.15) is 0 Å². The first-order valence-corrected chi connectivity index (χ1v) is 5.29. The molecule has 0 radical (unpaired) electrons. The number of nitrogens with zero attached hydrogens (tertiary/aromatic N) is 3. The van der Waals surface area contributed by atoms with Crippen molar-refractivity contribution in [1.82, 2.24) is 14.8 Å². The minimum Gasteiger partial charge on any atom is -0.480 e. The van der Waals surface area contributed by atoms with E-state index in [2.05, 4.69) is 14.8 Å². The van der Waals surface area contributed by atoms with Crippen molar-refractivity contribution in [2.75, 3.05) is 10.5 Å². The third-order valence-corrected chi connectivity index (χ3v) is 2.63. The summed E-state index contributed by atoms with van der Waals surface area (Å²) in [6, 6.07) is 0. The lowest BCUT2D eigenvalue weighted by Crippen LogP contribution is -2.22. The van der Waals surface area contributed by atoms with Crippen molar-refractivity contribution in [2.24, 2.45) is 0 Å². The number of hydrogen-bond acceptors (Lipinski definition) is 7. The molecule has 8 nitrogen and oxygen atoms in total. The highest BCUT2D eigenvalue weighted by atomic mass is 32.2. The molecule has 72 valence electrons. The Morgan fingerprint density at radius 3 is 2.77 bits per heavy atom. The molecule has 2 N–H and O–H groups in total. The van der Waals surface area contributed by atoms with Crippen LogP contribution >= 0.6 is 11.5 Å². The first-order valence-electron chi connectivity index (χ1n) is 2.87. The van der Waals surface area contributed by atoms with E-state index in [0.717, 1.165) is 11.5 Å². The van der Waals surface area contributed by atoms with Gasteiger partial charge in [0.15, 0.2) is 5.75 Å². The molecule has 0 spiro atoms. The summed E-state index contributed by atoms with van der Waals surface area (Å²) in [4.78, 5) is 10.1. The van der Waals surface area contributed by atoms with Crippen LogP contribution in [0.2, 0.25) is 0 Å². The van der Waals surface area contributed by atoms with Crippen molar-refractivity contribution in [1.29, 1.82) is 0 Å². The minimum absolute atomic E-state index is 0.0544. The van der Waals surface area contributed by atoms with Crippen LogP contribution in [0.3, 0.4) is 0 Å². The molecule has 0 aliphatic carbocycles. The van der Waals surface area contributed by atoms with Crippen LogP contribution in [-0.4, -0.2) is 40.0 Å². The number of aliphatic carboxylic acids is 1. The zero-order valence-electron chi connectivity index (χ0n) is 6.04. The standard InChI is InChI=1S/C3H4N4O4S2/c8-2(9)1-13(10,11)5-3-4-6-7-12-3/h1H2,(H,8,9)(H,4,5,7). The quantitative estimate of drug-likeness (QED) is 0.655. The second-order valence-corrected chi connectivity index (χ2v) is 4.38. The summed E-state index contributed by atoms with van der Waals surface area (Å²) < 4.78 is 27.1. The van der Waals surface area contributed by atoms with Gasteiger partial charge in [0.05, 0.1) is 0 Å². The molecule has 0 fully saturated rings. The fourth-order valence-electron chi connectivity index (χ4n) is 0.505. The molecule has 13 heavy (non-hydrogen) atoms. The van der Waals surface area contributed by atoms with Gasteiger partial charge in [0, 0.05) is 11.5 Å². The Morgan fingerprint density at radius 2 is 2.31 bits per heavy atom. The smallest absolute Gasteiger partial charge is 0.320 e. The van der Waals surface area contributed by atoms with E-state index in [0.29, 0.717) is 0 Å². The summed E-state index contributed by atoms with van der Waals surface area (Å²) >= 11 is 0.721. The molecule has 0 aliphatic heterocycles. The molecule has 0 saturated heterocycles. The second kappa shape index (κ2) is 3.62. The zero-order chi connectivity index (χ0) is 9.90. The van der Waals surface area contributed by atoms with Crippen molar-refractivity contribution in [3.05, 3.63) is 0 Å². The highest BCUT2D eigenvalue weighted by Crippen LogP contribution is 2.07. The summed E-state index contributed by atoms with van der Waals surface area (Å²) in [6.45, 7) is 0. The highest BCUT2D eigenvalue weighted by Gasteiger charge is 2.16. The van der Waals surface area contributed by atoms with Crippen LogP contribution in [0.15, 0.2) is 0 Å². The number of rotatable bonds is 4. The first-order chi connectivity index (χ1) is 5.99. The van der Waals surface area contributed by atoms with Crippen LogP contribution in [-0.2, 0) is 14.8 Å². The third kappa shape index (κ3) is 3.29. The molecule has 0 saturated carbocycles. The number of sulfonamides is 1. The Bertz CT molecular complexity index is 384. The second-order valence-electron chi connectivity index (χ2n) is 1.92. The van der Waals surface area contributed by atoms with Gasteiger partial charge in [-0.05, 0) is 5.21 Å². The lowest BCUT2D eigenvalue weighted by molar-refractivity contribution is -0.134. The molecule has 1 heterocycles. The molecule has 0 aliphatic rings. The lowest BCUT2D eigenvalue weighted by Gasteiger charge is -1.98. The van der Waals surface area contributed by atoms with Crippen LogP contribution < -0.4 is 4.72 Å². The molecule has 0 atom stereocenters. The molecular formula is C3H4N4O4S2.